The van der Waals surface area contributed by atoms with Crippen molar-refractivity contribution in [1.82, 2.24) is 4.98 Å². The molecule has 1 heterocycles. The molecular weight excluding hydrogens is 739 g/mol. The highest BCUT2D eigenvalue weighted by molar-refractivity contribution is 7.22. The molecule has 1 aliphatic carbocycles. The molecule has 0 saturated heterocycles. The third-order valence-electron chi connectivity index (χ3n) is 8.68. The van der Waals surface area contributed by atoms with Gasteiger partial charge in [-0.2, -0.15) is 5.10 Å². The molecule has 1 aromatic heterocycles. The van der Waals surface area contributed by atoms with Crippen molar-refractivity contribution in [2.24, 2.45) is 5.10 Å². The van der Waals surface area contributed by atoms with Crippen LogP contribution in [0.5, 0.6) is 17.2 Å². The molecule has 1 N–H and O–H groups in total. The SMILES string of the molecule is C=CC(=O)OCOc1ccc(C(=O)Oc2ccc(C3CCC(OC(=O)c4ccc(OCOC(=O)C=C)cc4)CC3)cc2/C=N/Nc2nc3ccccc3s2)cc1. The normalized spacial score (nSPS) is 15.0. The Balaban J connectivity index is 1.09. The van der Waals surface area contributed by atoms with Crippen molar-refractivity contribution >= 4 is 56.8 Å². The zero-order valence-electron chi connectivity index (χ0n) is 30.1. The Morgan fingerprint density at radius 2 is 1.38 bits per heavy atom. The van der Waals surface area contributed by atoms with Gasteiger partial charge in [0, 0.05) is 17.7 Å². The molecule has 6 rings (SSSR count). The second kappa shape index (κ2) is 19.0. The average molecular weight is 776 g/mol. The highest BCUT2D eigenvalue weighted by Gasteiger charge is 2.26. The number of anilines is 1. The van der Waals surface area contributed by atoms with Gasteiger partial charge in [0.1, 0.15) is 23.4 Å². The quantitative estimate of drug-likeness (QED) is 0.0196. The number of esters is 4. The lowest BCUT2D eigenvalue weighted by atomic mass is 9.82. The van der Waals surface area contributed by atoms with Gasteiger partial charge in [-0.1, -0.05) is 42.7 Å². The molecule has 0 atom stereocenters. The zero-order chi connectivity index (χ0) is 39.3. The molecule has 0 radical (unpaired) electrons. The lowest BCUT2D eigenvalue weighted by Crippen LogP contribution is -2.24. The molecule has 0 bridgehead atoms. The number of ether oxygens (including phenoxy) is 6. The third-order valence-corrected chi connectivity index (χ3v) is 9.62. The van der Waals surface area contributed by atoms with Crippen molar-refractivity contribution in [2.75, 3.05) is 19.0 Å². The largest absolute Gasteiger partial charge is 0.459 e. The Kier molecular flexibility index (Phi) is 13.2. The lowest BCUT2D eigenvalue weighted by Gasteiger charge is -2.29. The number of nitrogens with one attached hydrogen (secondary N) is 1. The molecule has 4 aromatic carbocycles. The summed E-state index contributed by atoms with van der Waals surface area (Å²) in [7, 11) is 0. The first kappa shape index (κ1) is 38.9. The summed E-state index contributed by atoms with van der Waals surface area (Å²) < 4.78 is 33.1. The summed E-state index contributed by atoms with van der Waals surface area (Å²) in [6.07, 6.45) is 6.31. The molecule has 1 fully saturated rings. The van der Waals surface area contributed by atoms with Crippen LogP contribution in [-0.2, 0) is 23.8 Å². The molecule has 14 heteroatoms. The molecule has 0 unspecified atom stereocenters. The van der Waals surface area contributed by atoms with E-state index in [1.54, 1.807) is 60.8 Å². The maximum absolute atomic E-state index is 13.2. The molecule has 5 aromatic rings. The number of hydrogen-bond donors (Lipinski definition) is 1. The molecule has 0 spiro atoms. The number of thiazole rings is 1. The Hall–Kier alpha value is -6.80. The number of rotatable bonds is 16. The van der Waals surface area contributed by atoms with Gasteiger partial charge in [-0.15, -0.1) is 0 Å². The Morgan fingerprint density at radius 3 is 1.98 bits per heavy atom. The van der Waals surface area contributed by atoms with Crippen LogP contribution in [0.1, 0.15) is 63.4 Å². The van der Waals surface area contributed by atoms with Crippen LogP contribution in [-0.4, -0.2) is 54.8 Å². The van der Waals surface area contributed by atoms with Crippen molar-refractivity contribution in [3.63, 3.8) is 0 Å². The van der Waals surface area contributed by atoms with Gasteiger partial charge < -0.3 is 28.4 Å². The van der Waals surface area contributed by atoms with E-state index >= 15 is 0 Å². The molecule has 1 saturated carbocycles. The Labute approximate surface area is 326 Å². The fourth-order valence-electron chi connectivity index (χ4n) is 5.79. The maximum atomic E-state index is 13.2. The fourth-order valence-corrected chi connectivity index (χ4v) is 6.60. The summed E-state index contributed by atoms with van der Waals surface area (Å²) in [4.78, 5) is 53.1. The number of para-hydroxylation sites is 1. The second-order valence-electron chi connectivity index (χ2n) is 12.3. The molecule has 56 heavy (non-hydrogen) atoms. The third kappa shape index (κ3) is 10.7. The van der Waals surface area contributed by atoms with Gasteiger partial charge in [0.25, 0.3) is 0 Å². The molecular formula is C42H37N3O10S. The standard InChI is InChI=1S/C42H37N3O10S/c1-3-38(46)52-25-50-32-16-11-28(12-17-32)40(48)54-34-20-9-27(10-21-34)30-15-22-36(31(23-30)24-43-45-42-44-35-7-5-6-8-37(35)56-42)55-41(49)29-13-18-33(19-14-29)51-26-53-39(47)4-2/h3-8,11-19,22-24,27,34H,1-2,9-10,20-21,25-26H2,(H,44,45)/b43-24+. The first-order chi connectivity index (χ1) is 27.3. The van der Waals surface area contributed by atoms with Crippen LogP contribution in [0.2, 0.25) is 0 Å². The van der Waals surface area contributed by atoms with Crippen molar-refractivity contribution in [3.05, 3.63) is 139 Å². The number of nitrogens with zero attached hydrogens (tertiary/aromatic N) is 2. The van der Waals surface area contributed by atoms with E-state index in [4.69, 9.17) is 28.4 Å². The van der Waals surface area contributed by atoms with Gasteiger partial charge in [0.05, 0.1) is 27.6 Å². The van der Waals surface area contributed by atoms with Gasteiger partial charge in [-0.05, 0) is 110 Å². The van der Waals surface area contributed by atoms with Crippen LogP contribution >= 0.6 is 11.3 Å². The summed E-state index contributed by atoms with van der Waals surface area (Å²) >= 11 is 1.47. The minimum Gasteiger partial charge on any atom is -0.459 e. The number of aromatic nitrogens is 1. The van der Waals surface area contributed by atoms with E-state index in [-0.39, 0.29) is 31.2 Å². The van der Waals surface area contributed by atoms with Gasteiger partial charge in [-0.3, -0.25) is 5.43 Å². The number of hydrogen-bond acceptors (Lipinski definition) is 14. The number of hydrazone groups is 1. The second-order valence-corrected chi connectivity index (χ2v) is 13.4. The number of benzene rings is 4. The van der Waals surface area contributed by atoms with Crippen LogP contribution in [0.3, 0.4) is 0 Å². The predicted molar refractivity (Wildman–Crippen MR) is 209 cm³/mol. The van der Waals surface area contributed by atoms with E-state index in [2.05, 4.69) is 28.7 Å². The number of carbonyl (C=O) groups is 4. The maximum Gasteiger partial charge on any atom is 0.343 e. The zero-order valence-corrected chi connectivity index (χ0v) is 30.9. The summed E-state index contributed by atoms with van der Waals surface area (Å²) in [5, 5.41) is 5.04. The van der Waals surface area contributed by atoms with Gasteiger partial charge in [-0.25, -0.2) is 24.2 Å². The highest BCUT2D eigenvalue weighted by atomic mass is 32.1. The van der Waals surface area contributed by atoms with E-state index in [0.29, 0.717) is 46.3 Å². The first-order valence-corrected chi connectivity index (χ1v) is 18.4. The van der Waals surface area contributed by atoms with Crippen molar-refractivity contribution in [2.45, 2.75) is 37.7 Å². The Bertz CT molecular complexity index is 2190. The minimum atomic E-state index is -0.612. The molecule has 0 amide bonds. The van der Waals surface area contributed by atoms with Crippen molar-refractivity contribution in [3.8, 4) is 17.2 Å². The fraction of sp³-hybridized carbons (Fsp3) is 0.190. The van der Waals surface area contributed by atoms with E-state index < -0.39 is 23.9 Å². The van der Waals surface area contributed by atoms with E-state index in [9.17, 15) is 19.2 Å². The number of carbonyl (C=O) groups excluding carboxylic acids is 4. The summed E-state index contributed by atoms with van der Waals surface area (Å²) in [6, 6.07) is 26.0. The summed E-state index contributed by atoms with van der Waals surface area (Å²) in [5.74, 6) is -0.921. The summed E-state index contributed by atoms with van der Waals surface area (Å²) in [6.45, 7) is 6.09. The van der Waals surface area contributed by atoms with Crippen LogP contribution < -0.4 is 19.6 Å². The van der Waals surface area contributed by atoms with E-state index in [1.165, 1.54) is 11.3 Å². The van der Waals surface area contributed by atoms with E-state index in [0.717, 1.165) is 40.8 Å². The van der Waals surface area contributed by atoms with Gasteiger partial charge >= 0.3 is 23.9 Å². The van der Waals surface area contributed by atoms with Crippen molar-refractivity contribution in [1.29, 1.82) is 0 Å². The predicted octanol–water partition coefficient (Wildman–Crippen LogP) is 7.98. The average Bonchev–Trinajstić information content (AvgIpc) is 3.65. The summed E-state index contributed by atoms with van der Waals surface area (Å²) in [5.41, 5.74) is 6.12. The smallest absolute Gasteiger partial charge is 0.343 e. The molecule has 286 valence electrons. The lowest BCUT2D eigenvalue weighted by molar-refractivity contribution is -0.145. The minimum absolute atomic E-state index is 0.170. The van der Waals surface area contributed by atoms with Crippen LogP contribution in [0.25, 0.3) is 10.2 Å². The van der Waals surface area contributed by atoms with E-state index in [1.807, 2.05) is 36.4 Å². The first-order valence-electron chi connectivity index (χ1n) is 17.5. The van der Waals surface area contributed by atoms with Gasteiger partial charge in [0.2, 0.25) is 18.7 Å². The van der Waals surface area contributed by atoms with Crippen LogP contribution in [0.4, 0.5) is 5.13 Å². The van der Waals surface area contributed by atoms with Gasteiger partial charge in [0.15, 0.2) is 0 Å². The van der Waals surface area contributed by atoms with Crippen LogP contribution in [0.15, 0.2) is 121 Å². The topological polar surface area (TPSA) is 161 Å². The molecule has 13 nitrogen and oxygen atoms in total. The Morgan fingerprint density at radius 1 is 0.768 bits per heavy atom. The van der Waals surface area contributed by atoms with Crippen molar-refractivity contribution < 1.29 is 47.6 Å². The number of fused-ring (bicyclic) bond motifs is 1. The van der Waals surface area contributed by atoms with Crippen LogP contribution in [0, 0.1) is 0 Å². The monoisotopic (exact) mass is 775 g/mol. The molecule has 0 aliphatic heterocycles. The molecule has 1 aliphatic rings. The highest BCUT2D eigenvalue weighted by Crippen LogP contribution is 2.36.